The van der Waals surface area contributed by atoms with Gasteiger partial charge in [0.25, 0.3) is 5.91 Å². The number of nitrogens with zero attached hydrogens (tertiary/aromatic N) is 4. The van der Waals surface area contributed by atoms with E-state index in [1.54, 1.807) is 4.68 Å². The molecule has 0 radical (unpaired) electrons. The molecule has 0 bridgehead atoms. The van der Waals surface area contributed by atoms with Crippen LogP contribution in [-0.2, 0) is 17.8 Å². The second kappa shape index (κ2) is 7.59. The molecular formula is C19H18ClFN6O3. The highest BCUT2D eigenvalue weighted by Crippen LogP contribution is 2.31. The van der Waals surface area contributed by atoms with Crippen molar-refractivity contribution >= 4 is 23.5 Å². The summed E-state index contributed by atoms with van der Waals surface area (Å²) in [7, 11) is 0. The first-order chi connectivity index (χ1) is 14.3. The minimum Gasteiger partial charge on any atom is -0.378 e. The number of carbonyl (C=O) groups is 2. The predicted molar refractivity (Wildman–Crippen MR) is 104 cm³/mol. The molecule has 11 heteroatoms. The van der Waals surface area contributed by atoms with E-state index >= 15 is 0 Å². The highest BCUT2D eigenvalue weighted by molar-refractivity contribution is 6.31. The third-order valence-electron chi connectivity index (χ3n) is 5.29. The number of hydrogen-bond acceptors (Lipinski definition) is 5. The molecule has 1 fully saturated rings. The lowest BCUT2D eigenvalue weighted by atomic mass is 10.0. The number of primary amides is 1. The molecule has 2 aromatic rings. The molecule has 4 rings (SSSR count). The Bertz CT molecular complexity index is 1070. The fourth-order valence-electron chi connectivity index (χ4n) is 3.66. The molecule has 1 aromatic carbocycles. The SMILES string of the molecule is N#CC1(NC(=O)N2CCn3nc(-c4ccc(F)c(Cl)c4)c(C(N)=O)c3C2)CCOC1. The van der Waals surface area contributed by atoms with E-state index in [2.05, 4.69) is 16.5 Å². The van der Waals surface area contributed by atoms with Crippen molar-refractivity contribution in [3.05, 3.63) is 40.3 Å². The first kappa shape index (κ1) is 20.1. The Morgan fingerprint density at radius 2 is 2.20 bits per heavy atom. The van der Waals surface area contributed by atoms with Gasteiger partial charge in [0, 0.05) is 18.5 Å². The lowest BCUT2D eigenvalue weighted by Crippen LogP contribution is -2.54. The number of nitrogens with two attached hydrogens (primary N) is 1. The smallest absolute Gasteiger partial charge is 0.319 e. The molecule has 1 aromatic heterocycles. The standard InChI is InChI=1S/C19H18ClFN6O3/c20-12-7-11(1-2-13(12)21)16-15(17(23)28)14-8-26(4-5-27(14)25-16)18(29)24-19(9-22)3-6-30-10-19/h1-2,7H,3-6,8,10H2,(H2,23,28)(H,24,29). The molecular weight excluding hydrogens is 415 g/mol. The summed E-state index contributed by atoms with van der Waals surface area (Å²) < 4.78 is 20.4. The van der Waals surface area contributed by atoms with Crippen LogP contribution in [0, 0.1) is 17.1 Å². The van der Waals surface area contributed by atoms with E-state index in [1.807, 2.05) is 0 Å². The summed E-state index contributed by atoms with van der Waals surface area (Å²) in [5.74, 6) is -1.30. The van der Waals surface area contributed by atoms with Crippen molar-refractivity contribution in [1.82, 2.24) is 20.0 Å². The van der Waals surface area contributed by atoms with Gasteiger partial charge in [-0.1, -0.05) is 11.6 Å². The molecule has 3 heterocycles. The molecule has 1 saturated heterocycles. The predicted octanol–water partition coefficient (Wildman–Crippen LogP) is 1.65. The van der Waals surface area contributed by atoms with Crippen LogP contribution in [0.2, 0.25) is 5.02 Å². The maximum Gasteiger partial charge on any atom is 0.319 e. The summed E-state index contributed by atoms with van der Waals surface area (Å²) in [5, 5.41) is 16.5. The van der Waals surface area contributed by atoms with Crippen molar-refractivity contribution < 1.29 is 18.7 Å². The van der Waals surface area contributed by atoms with Crippen LogP contribution < -0.4 is 11.1 Å². The normalized spacial score (nSPS) is 20.5. The third-order valence-corrected chi connectivity index (χ3v) is 5.58. The molecule has 156 valence electrons. The van der Waals surface area contributed by atoms with Crippen LogP contribution in [0.4, 0.5) is 9.18 Å². The zero-order chi connectivity index (χ0) is 21.5. The molecule has 1 unspecified atom stereocenters. The molecule has 0 saturated carbocycles. The molecule has 30 heavy (non-hydrogen) atoms. The second-order valence-electron chi connectivity index (χ2n) is 7.23. The fraction of sp³-hybridized carbons (Fsp3) is 0.368. The Morgan fingerprint density at radius 1 is 1.40 bits per heavy atom. The minimum atomic E-state index is -1.06. The van der Waals surface area contributed by atoms with Crippen molar-refractivity contribution in [3.63, 3.8) is 0 Å². The van der Waals surface area contributed by atoms with Gasteiger partial charge in [-0.25, -0.2) is 9.18 Å². The van der Waals surface area contributed by atoms with E-state index in [9.17, 15) is 19.2 Å². The van der Waals surface area contributed by atoms with Gasteiger partial charge in [-0.15, -0.1) is 0 Å². The average Bonchev–Trinajstić information content (AvgIpc) is 3.34. The number of carbonyl (C=O) groups excluding carboxylic acids is 2. The van der Waals surface area contributed by atoms with E-state index < -0.39 is 23.3 Å². The van der Waals surface area contributed by atoms with E-state index in [-0.39, 0.29) is 29.4 Å². The van der Waals surface area contributed by atoms with Crippen molar-refractivity contribution in [2.45, 2.75) is 25.0 Å². The van der Waals surface area contributed by atoms with Gasteiger partial charge < -0.3 is 20.7 Å². The van der Waals surface area contributed by atoms with Crippen LogP contribution in [0.15, 0.2) is 18.2 Å². The summed E-state index contributed by atoms with van der Waals surface area (Å²) in [6.07, 6.45) is 0.406. The molecule has 2 aliphatic heterocycles. The summed E-state index contributed by atoms with van der Waals surface area (Å²) >= 11 is 5.87. The summed E-state index contributed by atoms with van der Waals surface area (Å²) in [5.41, 5.74) is 5.88. The summed E-state index contributed by atoms with van der Waals surface area (Å²) in [4.78, 5) is 26.5. The Labute approximate surface area is 176 Å². The molecule has 3 amide bonds. The number of aromatic nitrogens is 2. The Hall–Kier alpha value is -3.16. The van der Waals surface area contributed by atoms with Crippen LogP contribution in [0.5, 0.6) is 0 Å². The summed E-state index contributed by atoms with van der Waals surface area (Å²) in [6.45, 7) is 1.26. The van der Waals surface area contributed by atoms with Crippen molar-refractivity contribution in [1.29, 1.82) is 5.26 Å². The lowest BCUT2D eigenvalue weighted by Gasteiger charge is -2.31. The molecule has 0 aliphatic carbocycles. The van der Waals surface area contributed by atoms with Gasteiger partial charge in [0.15, 0.2) is 5.54 Å². The number of nitrogens with one attached hydrogen (secondary N) is 1. The summed E-state index contributed by atoms with van der Waals surface area (Å²) in [6, 6.07) is 5.70. The number of halogens is 2. The largest absolute Gasteiger partial charge is 0.378 e. The first-order valence-corrected chi connectivity index (χ1v) is 9.62. The number of rotatable bonds is 3. The van der Waals surface area contributed by atoms with E-state index in [1.165, 1.54) is 23.1 Å². The molecule has 3 N–H and O–H groups in total. The quantitative estimate of drug-likeness (QED) is 0.762. The lowest BCUT2D eigenvalue weighted by molar-refractivity contribution is 0.0997. The van der Waals surface area contributed by atoms with Crippen LogP contribution in [0.3, 0.4) is 0 Å². The Balaban J connectivity index is 1.64. The number of hydrogen-bond donors (Lipinski definition) is 2. The number of benzene rings is 1. The van der Waals surface area contributed by atoms with E-state index in [0.717, 1.165) is 0 Å². The average molecular weight is 433 g/mol. The maximum absolute atomic E-state index is 13.5. The van der Waals surface area contributed by atoms with E-state index in [0.29, 0.717) is 37.4 Å². The van der Waals surface area contributed by atoms with E-state index in [4.69, 9.17) is 22.1 Å². The number of urea groups is 1. The van der Waals surface area contributed by atoms with Crippen molar-refractivity contribution in [2.75, 3.05) is 19.8 Å². The number of nitriles is 1. The van der Waals surface area contributed by atoms with Crippen LogP contribution >= 0.6 is 11.6 Å². The highest BCUT2D eigenvalue weighted by atomic mass is 35.5. The Morgan fingerprint density at radius 3 is 2.83 bits per heavy atom. The number of ether oxygens (including phenoxy) is 1. The Kier molecular flexibility index (Phi) is 5.09. The van der Waals surface area contributed by atoms with Crippen LogP contribution in [0.25, 0.3) is 11.3 Å². The van der Waals surface area contributed by atoms with Gasteiger partial charge in [0.05, 0.1) is 48.7 Å². The minimum absolute atomic E-state index is 0.0778. The van der Waals surface area contributed by atoms with Crippen molar-refractivity contribution in [3.8, 4) is 17.3 Å². The maximum atomic E-state index is 13.5. The van der Waals surface area contributed by atoms with Crippen LogP contribution in [-0.4, -0.2) is 51.9 Å². The van der Waals surface area contributed by atoms with Gasteiger partial charge in [0.2, 0.25) is 0 Å². The third kappa shape index (κ3) is 3.46. The zero-order valence-corrected chi connectivity index (χ0v) is 16.6. The van der Waals surface area contributed by atoms with Gasteiger partial charge in [-0.05, 0) is 18.2 Å². The molecule has 1 atom stereocenters. The first-order valence-electron chi connectivity index (χ1n) is 9.24. The zero-order valence-electron chi connectivity index (χ0n) is 15.8. The monoisotopic (exact) mass is 432 g/mol. The second-order valence-corrected chi connectivity index (χ2v) is 7.64. The fourth-order valence-corrected chi connectivity index (χ4v) is 3.84. The van der Waals surface area contributed by atoms with Crippen molar-refractivity contribution in [2.24, 2.45) is 5.73 Å². The van der Waals surface area contributed by atoms with Gasteiger partial charge >= 0.3 is 6.03 Å². The highest BCUT2D eigenvalue weighted by Gasteiger charge is 2.39. The topological polar surface area (TPSA) is 126 Å². The molecule has 9 nitrogen and oxygen atoms in total. The van der Waals surface area contributed by atoms with Gasteiger partial charge in [-0.3, -0.25) is 9.48 Å². The number of amides is 3. The number of fused-ring (bicyclic) bond motifs is 1. The molecule has 2 aliphatic rings. The van der Waals surface area contributed by atoms with Crippen LogP contribution in [0.1, 0.15) is 22.5 Å². The van der Waals surface area contributed by atoms with Gasteiger partial charge in [0.1, 0.15) is 11.5 Å². The van der Waals surface area contributed by atoms with Gasteiger partial charge in [-0.2, -0.15) is 10.4 Å². The molecule has 0 spiro atoms.